The molecule has 2 N–H and O–H groups in total. The van der Waals surface area contributed by atoms with E-state index in [9.17, 15) is 4.79 Å². The second kappa shape index (κ2) is 5.86. The molecule has 0 spiro atoms. The maximum absolute atomic E-state index is 12.0. The van der Waals surface area contributed by atoms with Crippen LogP contribution in [0.1, 0.15) is 10.4 Å². The van der Waals surface area contributed by atoms with Crippen molar-refractivity contribution in [2.75, 3.05) is 27.2 Å². The van der Waals surface area contributed by atoms with E-state index in [1.54, 1.807) is 37.3 Å². The van der Waals surface area contributed by atoms with Gasteiger partial charge in [0.05, 0.1) is 12.7 Å². The van der Waals surface area contributed by atoms with Crippen molar-refractivity contribution in [2.45, 2.75) is 0 Å². The largest absolute Gasteiger partial charge is 0.497 e. The quantitative estimate of drug-likeness (QED) is 0.912. The lowest BCUT2D eigenvalue weighted by Crippen LogP contribution is -2.31. The van der Waals surface area contributed by atoms with Gasteiger partial charge in [0.2, 0.25) is 0 Å². The Labute approximate surface area is 103 Å². The maximum atomic E-state index is 12.0. The molecule has 5 heteroatoms. The van der Waals surface area contributed by atoms with Crippen LogP contribution >= 0.6 is 15.9 Å². The number of carbonyl (C=O) groups is 1. The first-order valence-corrected chi connectivity index (χ1v) is 5.68. The molecule has 0 fully saturated rings. The third-order valence-corrected chi connectivity index (χ3v) is 2.91. The van der Waals surface area contributed by atoms with E-state index in [-0.39, 0.29) is 5.91 Å². The summed E-state index contributed by atoms with van der Waals surface area (Å²) in [5.41, 5.74) is 5.99. The maximum Gasteiger partial charge on any atom is 0.254 e. The molecular weight excluding hydrogens is 272 g/mol. The van der Waals surface area contributed by atoms with Crippen molar-refractivity contribution >= 4 is 21.8 Å². The minimum absolute atomic E-state index is 0.0729. The molecule has 0 aromatic heterocycles. The number of methoxy groups -OCH3 is 1. The van der Waals surface area contributed by atoms with Crippen LogP contribution in [-0.2, 0) is 0 Å². The summed E-state index contributed by atoms with van der Waals surface area (Å²) in [5, 5.41) is 0. The Balaban J connectivity index is 2.97. The van der Waals surface area contributed by atoms with E-state index in [1.807, 2.05) is 0 Å². The number of rotatable bonds is 4. The van der Waals surface area contributed by atoms with E-state index >= 15 is 0 Å². The van der Waals surface area contributed by atoms with Crippen molar-refractivity contribution in [3.8, 4) is 5.75 Å². The zero-order valence-corrected chi connectivity index (χ0v) is 11.0. The predicted octanol–water partition coefficient (Wildman–Crippen LogP) is 1.49. The van der Waals surface area contributed by atoms with E-state index < -0.39 is 0 Å². The van der Waals surface area contributed by atoms with Crippen molar-refractivity contribution in [1.29, 1.82) is 0 Å². The number of halogens is 1. The van der Waals surface area contributed by atoms with Crippen molar-refractivity contribution in [3.63, 3.8) is 0 Å². The van der Waals surface area contributed by atoms with Crippen LogP contribution in [0.15, 0.2) is 22.7 Å². The van der Waals surface area contributed by atoms with Gasteiger partial charge in [-0.15, -0.1) is 0 Å². The molecule has 0 atom stereocenters. The molecule has 0 saturated heterocycles. The molecular formula is C11H15BrN2O2. The van der Waals surface area contributed by atoms with Gasteiger partial charge < -0.3 is 15.4 Å². The summed E-state index contributed by atoms with van der Waals surface area (Å²) in [5.74, 6) is 0.587. The third-order valence-electron chi connectivity index (χ3n) is 2.22. The van der Waals surface area contributed by atoms with Gasteiger partial charge in [-0.05, 0) is 34.1 Å². The second-order valence-electron chi connectivity index (χ2n) is 3.36. The van der Waals surface area contributed by atoms with E-state index in [0.717, 1.165) is 4.47 Å². The lowest BCUT2D eigenvalue weighted by molar-refractivity contribution is 0.0798. The van der Waals surface area contributed by atoms with Gasteiger partial charge in [0.15, 0.2) is 0 Å². The molecule has 1 amide bonds. The van der Waals surface area contributed by atoms with Crippen molar-refractivity contribution in [1.82, 2.24) is 4.90 Å². The molecule has 0 aliphatic carbocycles. The average molecular weight is 287 g/mol. The summed E-state index contributed by atoms with van der Waals surface area (Å²) in [7, 11) is 3.29. The number of ether oxygens (including phenoxy) is 1. The summed E-state index contributed by atoms with van der Waals surface area (Å²) in [6.07, 6.45) is 0. The van der Waals surface area contributed by atoms with Gasteiger partial charge in [-0.25, -0.2) is 0 Å². The number of benzene rings is 1. The number of nitrogens with zero attached hydrogens (tertiary/aromatic N) is 1. The third kappa shape index (κ3) is 2.96. The molecule has 0 saturated carbocycles. The second-order valence-corrected chi connectivity index (χ2v) is 4.22. The first kappa shape index (κ1) is 13.0. The highest BCUT2D eigenvalue weighted by Crippen LogP contribution is 2.23. The first-order chi connectivity index (χ1) is 7.60. The van der Waals surface area contributed by atoms with Crippen LogP contribution in [0.5, 0.6) is 5.75 Å². The molecule has 0 aliphatic rings. The van der Waals surface area contributed by atoms with Gasteiger partial charge in [-0.1, -0.05) is 0 Å². The van der Waals surface area contributed by atoms with Gasteiger partial charge in [-0.2, -0.15) is 0 Å². The van der Waals surface area contributed by atoms with Gasteiger partial charge in [0.1, 0.15) is 5.75 Å². The van der Waals surface area contributed by atoms with Gasteiger partial charge in [0.25, 0.3) is 5.91 Å². The molecule has 1 rings (SSSR count). The summed E-state index contributed by atoms with van der Waals surface area (Å²) in [4.78, 5) is 13.6. The van der Waals surface area contributed by atoms with Crippen LogP contribution < -0.4 is 10.5 Å². The molecule has 1 aromatic rings. The smallest absolute Gasteiger partial charge is 0.254 e. The molecule has 88 valence electrons. The van der Waals surface area contributed by atoms with E-state index in [0.29, 0.717) is 24.4 Å². The molecule has 0 heterocycles. The summed E-state index contributed by atoms with van der Waals surface area (Å²) < 4.78 is 5.84. The normalized spacial score (nSPS) is 10.0. The highest BCUT2D eigenvalue weighted by Gasteiger charge is 2.15. The van der Waals surface area contributed by atoms with Crippen molar-refractivity contribution in [3.05, 3.63) is 28.2 Å². The number of amides is 1. The lowest BCUT2D eigenvalue weighted by atomic mass is 10.2. The fraction of sp³-hybridized carbons (Fsp3) is 0.364. The molecule has 0 radical (unpaired) electrons. The van der Waals surface area contributed by atoms with Gasteiger partial charge in [-0.3, -0.25) is 4.79 Å². The fourth-order valence-electron chi connectivity index (χ4n) is 1.30. The standard InChI is InChI=1S/C11H15BrN2O2/c1-14(6-5-13)11(15)9-7-8(16-2)3-4-10(9)12/h3-4,7H,5-6,13H2,1-2H3. The van der Waals surface area contributed by atoms with Crippen LogP contribution in [0, 0.1) is 0 Å². The van der Waals surface area contributed by atoms with E-state index in [4.69, 9.17) is 10.5 Å². The van der Waals surface area contributed by atoms with Crippen LogP contribution in [0.3, 0.4) is 0 Å². The molecule has 0 unspecified atom stereocenters. The van der Waals surface area contributed by atoms with Crippen molar-refractivity contribution < 1.29 is 9.53 Å². The van der Waals surface area contributed by atoms with E-state index in [1.165, 1.54) is 0 Å². The van der Waals surface area contributed by atoms with Crippen molar-refractivity contribution in [2.24, 2.45) is 5.73 Å². The molecule has 1 aromatic carbocycles. The van der Waals surface area contributed by atoms with E-state index in [2.05, 4.69) is 15.9 Å². The minimum Gasteiger partial charge on any atom is -0.497 e. The highest BCUT2D eigenvalue weighted by molar-refractivity contribution is 9.10. The number of carbonyl (C=O) groups excluding carboxylic acids is 1. The Kier molecular flexibility index (Phi) is 4.76. The van der Waals surface area contributed by atoms with Gasteiger partial charge in [0, 0.05) is 24.6 Å². The Morgan fingerprint density at radius 1 is 1.56 bits per heavy atom. The predicted molar refractivity (Wildman–Crippen MR) is 66.7 cm³/mol. The molecule has 0 bridgehead atoms. The van der Waals surface area contributed by atoms with Crippen LogP contribution in [0.4, 0.5) is 0 Å². The highest BCUT2D eigenvalue weighted by atomic mass is 79.9. The fourth-order valence-corrected chi connectivity index (χ4v) is 1.71. The lowest BCUT2D eigenvalue weighted by Gasteiger charge is -2.17. The zero-order valence-electron chi connectivity index (χ0n) is 9.37. The number of hydrogen-bond acceptors (Lipinski definition) is 3. The van der Waals surface area contributed by atoms with Crippen LogP contribution in [0.25, 0.3) is 0 Å². The molecule has 0 aliphatic heterocycles. The summed E-state index contributed by atoms with van der Waals surface area (Å²) in [6, 6.07) is 5.30. The Hall–Kier alpha value is -1.07. The number of nitrogens with two attached hydrogens (primary N) is 1. The molecule has 4 nitrogen and oxygen atoms in total. The van der Waals surface area contributed by atoms with Crippen LogP contribution in [0.2, 0.25) is 0 Å². The molecule has 16 heavy (non-hydrogen) atoms. The summed E-state index contributed by atoms with van der Waals surface area (Å²) >= 11 is 3.35. The number of hydrogen-bond donors (Lipinski definition) is 1. The minimum atomic E-state index is -0.0729. The Morgan fingerprint density at radius 3 is 2.81 bits per heavy atom. The summed E-state index contributed by atoms with van der Waals surface area (Å²) in [6.45, 7) is 0.978. The number of likely N-dealkylation sites (N-methyl/N-ethyl adjacent to an activating group) is 1. The Bertz CT molecular complexity index is 382. The van der Waals surface area contributed by atoms with Gasteiger partial charge >= 0.3 is 0 Å². The zero-order chi connectivity index (χ0) is 12.1. The first-order valence-electron chi connectivity index (χ1n) is 4.89. The Morgan fingerprint density at radius 2 is 2.25 bits per heavy atom. The van der Waals surface area contributed by atoms with Crippen LogP contribution in [-0.4, -0.2) is 38.1 Å². The topological polar surface area (TPSA) is 55.6 Å². The monoisotopic (exact) mass is 286 g/mol. The SMILES string of the molecule is COc1ccc(Br)c(C(=O)N(C)CCN)c1. The average Bonchev–Trinajstić information content (AvgIpc) is 2.29.